The van der Waals surface area contributed by atoms with Gasteiger partial charge in [-0.05, 0) is 137 Å². The second-order valence-electron chi connectivity index (χ2n) is 22.5. The van der Waals surface area contributed by atoms with E-state index in [1.165, 1.54) is 65.8 Å². The van der Waals surface area contributed by atoms with Crippen molar-refractivity contribution in [1.29, 1.82) is 0 Å². The molecule has 6 aromatic heterocycles. The van der Waals surface area contributed by atoms with Crippen molar-refractivity contribution in [2.24, 2.45) is 17.6 Å². The Labute approximate surface area is 588 Å². The standard InChI is InChI=1S/C22H24ClN5OS.C21H23ClN6OS.C17H14Cl2N4OS.C5H11N.3CH4/c1-13-7-8-28(12-13)21-10-20(25-15(3)26-21)27-22-24-11-19(30-22)18(29)9-16-14(2)5-4-6-17(16)23;1-12-4-3-5-16(22)15(12)8-17(29)18-10-24-21(30-18)27-19-9-20(26-13(2)25-19)28-7-6-14(23)11-28;1-9-4-3-5-12(18)11(9)6-13(24)14-8-20-17(25-14)23-16-7-15(19)21-10(2)22-16;1-5-2-3-6-4-5;;;/h4-6,10-11,13H,7-9,12H2,1-3H3,(H,24,25,26,27);3-5,9-10,14H,6-8,11,23H2,1-2H3,(H,24,25,26,27);3-5,7-8H,6H2,1-2H3,(H,20,21,22,23);5-6H,2-4H2,1H3;3*1H4/t13-;14-;;5-;;;/m00.0.../s1/i4D;2*3D;;;;. The molecular formula is C68H84Cl4N16O3S3. The lowest BCUT2D eigenvalue weighted by Gasteiger charge is -2.18. The van der Waals surface area contributed by atoms with Crippen molar-refractivity contribution in [3.05, 3.63) is 177 Å². The summed E-state index contributed by atoms with van der Waals surface area (Å²) in [6, 6.07) is 16.3. The minimum Gasteiger partial charge on any atom is -0.356 e. The summed E-state index contributed by atoms with van der Waals surface area (Å²) in [7, 11) is 0. The maximum absolute atomic E-state index is 12.8. The number of anilines is 8. The number of aryl methyl sites for hydroxylation is 6. The number of hydrogen-bond acceptors (Lipinski definition) is 22. The second-order valence-corrected chi connectivity index (χ2v) is 27.2. The van der Waals surface area contributed by atoms with Crippen LogP contribution in [0.25, 0.3) is 0 Å². The first kappa shape index (κ1) is 71.2. The highest BCUT2D eigenvalue weighted by atomic mass is 35.5. The molecule has 9 heterocycles. The van der Waals surface area contributed by atoms with Crippen LogP contribution in [0.5, 0.6) is 0 Å². The quantitative estimate of drug-likeness (QED) is 0.0420. The molecule has 0 spiro atoms. The van der Waals surface area contributed by atoms with Crippen molar-refractivity contribution in [3.8, 4) is 0 Å². The maximum atomic E-state index is 12.8. The van der Waals surface area contributed by atoms with Gasteiger partial charge in [-0.25, -0.2) is 44.9 Å². The maximum Gasteiger partial charge on any atom is 0.188 e. The average molecular weight is 1410 g/mol. The lowest BCUT2D eigenvalue weighted by atomic mass is 10.0. The largest absolute Gasteiger partial charge is 0.356 e. The third-order valence-electron chi connectivity index (χ3n) is 14.9. The van der Waals surface area contributed by atoms with Crippen molar-refractivity contribution in [1.82, 2.24) is 50.2 Å². The summed E-state index contributed by atoms with van der Waals surface area (Å²) in [6.45, 7) is 21.6. The highest BCUT2D eigenvalue weighted by molar-refractivity contribution is 7.18. The third-order valence-corrected chi connectivity index (χ3v) is 19.0. The Morgan fingerprint density at radius 2 is 0.926 bits per heavy atom. The molecule has 500 valence electrons. The van der Waals surface area contributed by atoms with Crippen molar-refractivity contribution in [3.63, 3.8) is 0 Å². The van der Waals surface area contributed by atoms with E-state index in [0.29, 0.717) is 109 Å². The number of benzene rings is 3. The molecular weight excluding hydrogens is 1330 g/mol. The van der Waals surface area contributed by atoms with Gasteiger partial charge in [0.1, 0.15) is 51.7 Å². The molecule has 94 heavy (non-hydrogen) atoms. The number of thiazole rings is 3. The molecule has 6 N–H and O–H groups in total. The molecule has 0 unspecified atom stereocenters. The zero-order valence-corrected chi connectivity index (χ0v) is 57.1. The molecule has 19 nitrogen and oxygen atoms in total. The molecule has 0 aliphatic carbocycles. The summed E-state index contributed by atoms with van der Waals surface area (Å²) in [5.74, 6) is 6.81. The van der Waals surface area contributed by atoms with Crippen LogP contribution in [-0.4, -0.2) is 108 Å². The second kappa shape index (κ2) is 35.6. The predicted molar refractivity (Wildman–Crippen MR) is 392 cm³/mol. The van der Waals surface area contributed by atoms with Gasteiger partial charge in [-0.2, -0.15) is 0 Å². The highest BCUT2D eigenvalue weighted by Gasteiger charge is 2.24. The fourth-order valence-electron chi connectivity index (χ4n) is 10.0. The molecule has 3 atom stereocenters. The zero-order chi connectivity index (χ0) is 67.5. The van der Waals surface area contributed by atoms with Crippen LogP contribution in [-0.2, 0) is 19.3 Å². The van der Waals surface area contributed by atoms with Gasteiger partial charge in [0.2, 0.25) is 0 Å². The number of halogens is 4. The van der Waals surface area contributed by atoms with Gasteiger partial charge < -0.3 is 36.8 Å². The molecule has 0 amide bonds. The number of carbonyl (C=O) groups is 3. The van der Waals surface area contributed by atoms with Crippen LogP contribution in [0.15, 0.2) is 91.3 Å². The Kier molecular flexibility index (Phi) is 26.9. The van der Waals surface area contributed by atoms with Gasteiger partial charge in [-0.1, -0.05) is 153 Å². The van der Waals surface area contributed by atoms with E-state index in [0.717, 1.165) is 90.0 Å². The van der Waals surface area contributed by atoms with E-state index in [1.807, 2.05) is 46.8 Å². The molecule has 12 rings (SSSR count). The summed E-state index contributed by atoms with van der Waals surface area (Å²) >= 11 is 28.4. The fraction of sp³-hybridized carbons (Fsp3) is 0.382. The van der Waals surface area contributed by atoms with Crippen molar-refractivity contribution < 1.29 is 18.5 Å². The molecule has 0 radical (unpaired) electrons. The van der Waals surface area contributed by atoms with E-state index < -0.39 is 0 Å². The normalized spacial score (nSPS) is 15.8. The number of nitrogens with two attached hydrogens (primary N) is 1. The lowest BCUT2D eigenvalue weighted by Crippen LogP contribution is -2.27. The van der Waals surface area contributed by atoms with Gasteiger partial charge in [0.25, 0.3) is 0 Å². The van der Waals surface area contributed by atoms with Gasteiger partial charge in [0.15, 0.2) is 32.7 Å². The molecule has 3 aliphatic rings. The zero-order valence-electron chi connectivity index (χ0n) is 54.6. The van der Waals surface area contributed by atoms with Gasteiger partial charge in [-0.3, -0.25) is 14.4 Å². The Bertz CT molecular complexity index is 3950. The molecule has 0 bridgehead atoms. The molecule has 9 aromatic rings. The van der Waals surface area contributed by atoms with Crippen LogP contribution in [0.3, 0.4) is 0 Å². The molecule has 3 fully saturated rings. The molecule has 26 heteroatoms. The first-order chi connectivity index (χ1) is 44.8. The topological polar surface area (TPSA) is 248 Å². The van der Waals surface area contributed by atoms with E-state index in [-0.39, 0.29) is 64.9 Å². The first-order valence-corrected chi connectivity index (χ1v) is 33.5. The molecule has 3 aromatic carbocycles. The number of ketones is 3. The van der Waals surface area contributed by atoms with Gasteiger partial charge >= 0.3 is 0 Å². The number of Topliss-reactive ketones (excluding diaryl/α,β-unsaturated/α-hetero) is 3. The van der Waals surface area contributed by atoms with E-state index in [4.69, 9.17) is 56.2 Å². The Morgan fingerprint density at radius 1 is 0.543 bits per heavy atom. The van der Waals surface area contributed by atoms with Gasteiger partial charge in [0.05, 0.1) is 37.3 Å². The van der Waals surface area contributed by atoms with E-state index >= 15 is 0 Å². The Hall–Kier alpha value is -7.12. The highest BCUT2D eigenvalue weighted by Crippen LogP contribution is 2.32. The third kappa shape index (κ3) is 21.4. The predicted octanol–water partition coefficient (Wildman–Crippen LogP) is 16.7. The van der Waals surface area contributed by atoms with Crippen molar-refractivity contribution >= 4 is 142 Å². The summed E-state index contributed by atoms with van der Waals surface area (Å²) in [4.78, 5) is 83.3. The Morgan fingerprint density at radius 3 is 1.24 bits per heavy atom. The van der Waals surface area contributed by atoms with E-state index in [2.05, 4.69) is 89.8 Å². The number of aromatic nitrogens is 9. The minimum atomic E-state index is -0.0878. The summed E-state index contributed by atoms with van der Waals surface area (Å²) in [5, 5.41) is 16.1. The van der Waals surface area contributed by atoms with Crippen molar-refractivity contribution in [2.45, 2.75) is 122 Å². The molecule has 3 saturated heterocycles. The Balaban J connectivity index is 0.000000217. The van der Waals surface area contributed by atoms with Crippen LogP contribution in [0.1, 0.15) is 139 Å². The average Bonchev–Trinajstić information content (AvgIpc) is 1.83. The lowest BCUT2D eigenvalue weighted by molar-refractivity contribution is 0.0988. The van der Waals surface area contributed by atoms with Gasteiger partial charge in [-0.15, -0.1) is 0 Å². The monoisotopic (exact) mass is 1410 g/mol. The summed E-state index contributed by atoms with van der Waals surface area (Å²) in [6.07, 6.45) is 8.64. The van der Waals surface area contributed by atoms with E-state index in [9.17, 15) is 14.4 Å². The number of nitrogens with zero attached hydrogens (tertiary/aromatic N) is 11. The van der Waals surface area contributed by atoms with Crippen LogP contribution in [0.4, 0.5) is 44.5 Å². The SMILES string of the molecule is C.C.C.C[C@H]1CCNC1.[2H]c1cc(C)c(CC(=O)c2cnc(Nc3cc(Cl)nc(C)n3)s2)c(Cl)c1.[2H]c1cc(C)c(CC(=O)c2cnc(Nc3cc(N4CC[C@H](C)C4)nc(C)n3)s2)c(Cl)c1.[2H]c1cc(C)c(CC(=O)c2cnc(Nc3cc(N4CC[C@H](N)C4)nc(C)n3)s2)c(Cl)c1. The van der Waals surface area contributed by atoms with Crippen LogP contribution in [0, 0.1) is 53.4 Å². The van der Waals surface area contributed by atoms with E-state index in [1.54, 1.807) is 55.7 Å². The van der Waals surface area contributed by atoms with Crippen LogP contribution < -0.4 is 36.8 Å². The van der Waals surface area contributed by atoms with Crippen molar-refractivity contribution in [2.75, 3.05) is 65.0 Å². The first-order valence-electron chi connectivity index (χ1n) is 31.0. The fourth-order valence-corrected chi connectivity index (χ4v) is 13.4. The number of carbonyl (C=O) groups excluding carboxylic acids is 3. The van der Waals surface area contributed by atoms with Crippen LogP contribution in [0.2, 0.25) is 20.2 Å². The summed E-state index contributed by atoms with van der Waals surface area (Å²) < 4.78 is 23.1. The summed E-state index contributed by atoms with van der Waals surface area (Å²) in [5.41, 5.74) is 10.7. The van der Waals surface area contributed by atoms with Crippen LogP contribution >= 0.6 is 80.4 Å². The number of hydrogen-bond donors (Lipinski definition) is 5. The smallest absolute Gasteiger partial charge is 0.188 e. The number of rotatable bonds is 17. The van der Waals surface area contributed by atoms with Gasteiger partial charge in [0, 0.05) is 84.8 Å². The number of nitrogens with one attached hydrogen (secondary N) is 4. The molecule has 3 aliphatic heterocycles. The molecule has 0 saturated carbocycles. The minimum absolute atomic E-state index is 0.